The summed E-state index contributed by atoms with van der Waals surface area (Å²) in [4.78, 5) is 14.0. The number of hydrogen-bond donors (Lipinski definition) is 2. The van der Waals surface area contributed by atoms with Gasteiger partial charge in [0.25, 0.3) is 0 Å². The molecule has 37 heavy (non-hydrogen) atoms. The molecule has 0 aliphatic heterocycles. The van der Waals surface area contributed by atoms with Gasteiger partial charge in [-0.15, -0.1) is 5.11 Å². The molecule has 1 fully saturated rings. The molecule has 1 aliphatic carbocycles. The average Bonchev–Trinajstić information content (AvgIpc) is 3.73. The van der Waals surface area contributed by atoms with E-state index in [1.54, 1.807) is 11.9 Å². The Labute approximate surface area is 211 Å². The smallest absolute Gasteiger partial charge is 0.363 e. The number of alkyl halides is 3. The van der Waals surface area contributed by atoms with Crippen LogP contribution in [0.2, 0.25) is 0 Å². The van der Waals surface area contributed by atoms with Crippen molar-refractivity contribution in [2.45, 2.75) is 44.6 Å². The summed E-state index contributed by atoms with van der Waals surface area (Å²) >= 11 is 0. The molecule has 2 aromatic carbocycles. The maximum Gasteiger partial charge on any atom is 0.416 e. The number of anilines is 2. The Morgan fingerprint density at radius 1 is 1.03 bits per heavy atom. The van der Waals surface area contributed by atoms with Crippen molar-refractivity contribution in [1.82, 2.24) is 9.97 Å². The highest BCUT2D eigenvalue weighted by atomic mass is 19.4. The lowest BCUT2D eigenvalue weighted by molar-refractivity contribution is -0.137. The maximum atomic E-state index is 15.4. The van der Waals surface area contributed by atoms with Crippen molar-refractivity contribution in [1.29, 1.82) is 0 Å². The van der Waals surface area contributed by atoms with Crippen molar-refractivity contribution in [3.63, 3.8) is 0 Å². The summed E-state index contributed by atoms with van der Waals surface area (Å²) < 4.78 is 54.1. The van der Waals surface area contributed by atoms with E-state index in [1.165, 1.54) is 18.5 Å². The largest absolute Gasteiger partial charge is 0.416 e. The van der Waals surface area contributed by atoms with E-state index in [4.69, 9.17) is 5.84 Å². The standard InChI is InChI=1S/C25H26F4N8/c1-31-21(35-36-30)12-16-2-4-17(5-3-16)13-32-23-22(26)24(34-15-33-23)37(20-10-11-20)14-18-6-8-19(9-7-18)25(27,28)29/h2-9,15,20H,10-14H2,1H3,(H2,30,31,35)(H,32,33,34). The third kappa shape index (κ3) is 6.78. The summed E-state index contributed by atoms with van der Waals surface area (Å²) in [5, 5.41) is 10.0. The second-order valence-electron chi connectivity index (χ2n) is 8.62. The van der Waals surface area contributed by atoms with Gasteiger partial charge >= 0.3 is 6.18 Å². The van der Waals surface area contributed by atoms with Crippen molar-refractivity contribution in [3.8, 4) is 0 Å². The molecule has 0 saturated heterocycles. The van der Waals surface area contributed by atoms with Gasteiger partial charge in [0.15, 0.2) is 17.5 Å². The van der Waals surface area contributed by atoms with Crippen molar-refractivity contribution >= 4 is 17.5 Å². The van der Waals surface area contributed by atoms with Crippen LogP contribution in [0.5, 0.6) is 0 Å². The molecular formula is C25H26F4N8. The minimum atomic E-state index is -4.41. The van der Waals surface area contributed by atoms with E-state index in [1.807, 2.05) is 24.3 Å². The molecule has 0 spiro atoms. The van der Waals surface area contributed by atoms with E-state index in [0.717, 1.165) is 36.1 Å². The van der Waals surface area contributed by atoms with Crippen LogP contribution in [0, 0.1) is 5.82 Å². The highest BCUT2D eigenvalue weighted by Gasteiger charge is 2.33. The first kappa shape index (κ1) is 26.0. The molecule has 12 heteroatoms. The van der Waals surface area contributed by atoms with Crippen LogP contribution in [0.4, 0.5) is 29.2 Å². The number of nitrogens with zero attached hydrogens (tertiary/aromatic N) is 6. The van der Waals surface area contributed by atoms with Gasteiger partial charge in [-0.25, -0.2) is 9.97 Å². The number of nitrogens with two attached hydrogens (primary N) is 1. The molecule has 1 aromatic heterocycles. The van der Waals surface area contributed by atoms with E-state index in [2.05, 4.69) is 30.6 Å². The zero-order valence-corrected chi connectivity index (χ0v) is 20.1. The molecule has 0 unspecified atom stereocenters. The van der Waals surface area contributed by atoms with Crippen LogP contribution < -0.4 is 16.1 Å². The van der Waals surface area contributed by atoms with Crippen molar-refractivity contribution in [2.24, 2.45) is 21.2 Å². The van der Waals surface area contributed by atoms with Crippen LogP contribution in [0.25, 0.3) is 0 Å². The van der Waals surface area contributed by atoms with Crippen LogP contribution >= 0.6 is 0 Å². The molecule has 0 amide bonds. The van der Waals surface area contributed by atoms with Gasteiger partial charge < -0.3 is 16.1 Å². The van der Waals surface area contributed by atoms with Gasteiger partial charge in [-0.2, -0.15) is 17.6 Å². The van der Waals surface area contributed by atoms with Gasteiger partial charge in [0.1, 0.15) is 6.33 Å². The van der Waals surface area contributed by atoms with Crippen LogP contribution in [-0.4, -0.2) is 28.9 Å². The summed E-state index contributed by atoms with van der Waals surface area (Å²) in [6.45, 7) is 0.567. The van der Waals surface area contributed by atoms with Gasteiger partial charge in [-0.1, -0.05) is 41.6 Å². The molecule has 1 saturated carbocycles. The molecule has 1 aliphatic rings. The Hall–Kier alpha value is -4.09. The first-order valence-electron chi connectivity index (χ1n) is 11.6. The van der Waals surface area contributed by atoms with E-state index in [0.29, 0.717) is 24.4 Å². The maximum absolute atomic E-state index is 15.4. The zero-order chi connectivity index (χ0) is 26.4. The SMILES string of the molecule is CN=C(Cc1ccc(CNc2ncnc(N(Cc3ccc(C(F)(F)F)cc3)C3CC3)c2F)cc1)N=NN. The average molecular weight is 515 g/mol. The topological polar surface area (TPSA) is 104 Å². The summed E-state index contributed by atoms with van der Waals surface area (Å²) in [7, 11) is 1.61. The van der Waals surface area contributed by atoms with Gasteiger partial charge in [0.2, 0.25) is 5.82 Å². The van der Waals surface area contributed by atoms with Crippen LogP contribution in [0.1, 0.15) is 35.1 Å². The lowest BCUT2D eigenvalue weighted by Crippen LogP contribution is -2.27. The normalized spacial score (nSPS) is 14.2. The second-order valence-corrected chi connectivity index (χ2v) is 8.62. The molecule has 3 N–H and O–H groups in total. The van der Waals surface area contributed by atoms with Crippen molar-refractivity contribution < 1.29 is 17.6 Å². The van der Waals surface area contributed by atoms with Gasteiger partial charge in [-0.05, 0) is 41.7 Å². The minimum Gasteiger partial charge on any atom is -0.363 e. The Bertz CT molecular complexity index is 1250. The van der Waals surface area contributed by atoms with Crippen molar-refractivity contribution in [2.75, 3.05) is 17.3 Å². The van der Waals surface area contributed by atoms with E-state index < -0.39 is 17.6 Å². The molecule has 0 atom stereocenters. The summed E-state index contributed by atoms with van der Waals surface area (Å²) in [6, 6.07) is 12.6. The van der Waals surface area contributed by atoms with Crippen LogP contribution in [0.15, 0.2) is 70.2 Å². The Morgan fingerprint density at radius 2 is 1.68 bits per heavy atom. The number of aromatic nitrogens is 2. The zero-order valence-electron chi connectivity index (χ0n) is 20.1. The van der Waals surface area contributed by atoms with E-state index in [-0.39, 0.29) is 24.2 Å². The van der Waals surface area contributed by atoms with E-state index >= 15 is 4.39 Å². The molecular weight excluding hydrogens is 488 g/mol. The fourth-order valence-electron chi connectivity index (χ4n) is 3.81. The number of aliphatic imine (C=N–C) groups is 1. The lowest BCUT2D eigenvalue weighted by Gasteiger charge is -2.24. The predicted molar refractivity (Wildman–Crippen MR) is 133 cm³/mol. The molecule has 0 bridgehead atoms. The van der Waals surface area contributed by atoms with Gasteiger partial charge in [0, 0.05) is 32.6 Å². The summed E-state index contributed by atoms with van der Waals surface area (Å²) in [5.74, 6) is 5.16. The summed E-state index contributed by atoms with van der Waals surface area (Å²) in [6.07, 6.45) is -0.932. The first-order valence-corrected chi connectivity index (χ1v) is 11.6. The molecule has 3 aromatic rings. The number of rotatable bonds is 9. The Balaban J connectivity index is 1.44. The molecule has 1 heterocycles. The van der Waals surface area contributed by atoms with Crippen LogP contribution in [0.3, 0.4) is 0 Å². The van der Waals surface area contributed by atoms with E-state index in [9.17, 15) is 13.2 Å². The number of halogens is 4. The number of amidine groups is 1. The predicted octanol–water partition coefficient (Wildman–Crippen LogP) is 5.31. The lowest BCUT2D eigenvalue weighted by atomic mass is 10.1. The second kappa shape index (κ2) is 11.3. The minimum absolute atomic E-state index is 0.0518. The monoisotopic (exact) mass is 514 g/mol. The molecule has 8 nitrogen and oxygen atoms in total. The number of nitrogens with one attached hydrogen (secondary N) is 1. The fraction of sp³-hybridized carbons (Fsp3) is 0.320. The molecule has 194 valence electrons. The highest BCUT2D eigenvalue weighted by Crippen LogP contribution is 2.35. The Kier molecular flexibility index (Phi) is 7.95. The van der Waals surface area contributed by atoms with Crippen molar-refractivity contribution in [3.05, 3.63) is 82.9 Å². The van der Waals surface area contributed by atoms with Gasteiger partial charge in [0.05, 0.1) is 5.56 Å². The molecule has 0 radical (unpaired) electrons. The van der Waals surface area contributed by atoms with Gasteiger partial charge in [-0.3, -0.25) is 4.99 Å². The number of benzene rings is 2. The first-order chi connectivity index (χ1) is 17.8. The quantitative estimate of drug-likeness (QED) is 0.101. The highest BCUT2D eigenvalue weighted by molar-refractivity contribution is 5.84. The molecule has 4 rings (SSSR count). The summed E-state index contributed by atoms with van der Waals surface area (Å²) in [5.41, 5.74) is 1.79. The van der Waals surface area contributed by atoms with Crippen LogP contribution in [-0.2, 0) is 25.7 Å². The Morgan fingerprint density at radius 3 is 2.27 bits per heavy atom. The number of hydrogen-bond acceptors (Lipinski definition) is 6. The fourth-order valence-corrected chi connectivity index (χ4v) is 3.81. The third-order valence-corrected chi connectivity index (χ3v) is 5.94. The third-order valence-electron chi connectivity index (χ3n) is 5.94.